The molecule has 2 aromatic carbocycles. The second kappa shape index (κ2) is 7.92. The largest absolute Gasteiger partial charge is 0.495 e. The molecular weight excluding hydrogens is 368 g/mol. The van der Waals surface area contributed by atoms with Gasteiger partial charge in [-0.3, -0.25) is 0 Å². The minimum atomic E-state index is -0.968. The average molecular weight is 385 g/mol. The van der Waals surface area contributed by atoms with Crippen molar-refractivity contribution in [2.45, 2.75) is 6.92 Å². The Morgan fingerprint density at radius 1 is 1.00 bits per heavy atom. The number of halogens is 1. The van der Waals surface area contributed by atoms with Gasteiger partial charge in [-0.15, -0.1) is 0 Å². The Morgan fingerprint density at radius 3 is 2.15 bits per heavy atom. The highest BCUT2D eigenvalue weighted by Gasteiger charge is 2.07. The van der Waals surface area contributed by atoms with Crippen LogP contribution >= 0.6 is 11.6 Å². The first-order chi connectivity index (χ1) is 12.9. The van der Waals surface area contributed by atoms with Crippen LogP contribution in [0.2, 0.25) is 5.02 Å². The van der Waals surface area contributed by atoms with Crippen molar-refractivity contribution in [2.75, 3.05) is 17.7 Å². The fraction of sp³-hybridized carbons (Fsp3) is 0.105. The van der Waals surface area contributed by atoms with Gasteiger partial charge in [0.1, 0.15) is 23.2 Å². The number of aryl methyl sites for hydroxylation is 1. The third-order valence-electron chi connectivity index (χ3n) is 3.67. The number of anilines is 4. The minimum Gasteiger partial charge on any atom is -0.495 e. The highest BCUT2D eigenvalue weighted by Crippen LogP contribution is 2.29. The smallest absolute Gasteiger partial charge is 0.335 e. The summed E-state index contributed by atoms with van der Waals surface area (Å²) in [6, 6.07) is 13.5. The van der Waals surface area contributed by atoms with Gasteiger partial charge in [-0.05, 0) is 49.4 Å². The number of hydrogen-bond acceptors (Lipinski definition) is 6. The summed E-state index contributed by atoms with van der Waals surface area (Å²) in [5.74, 6) is 1.36. The molecule has 0 unspecified atom stereocenters. The van der Waals surface area contributed by atoms with E-state index in [0.717, 1.165) is 11.4 Å². The van der Waals surface area contributed by atoms with Crippen LogP contribution in [-0.4, -0.2) is 28.2 Å². The van der Waals surface area contributed by atoms with Crippen molar-refractivity contribution in [2.24, 2.45) is 0 Å². The van der Waals surface area contributed by atoms with E-state index in [1.165, 1.54) is 12.1 Å². The summed E-state index contributed by atoms with van der Waals surface area (Å²) < 4.78 is 5.15. The van der Waals surface area contributed by atoms with Crippen LogP contribution in [0.3, 0.4) is 0 Å². The fourth-order valence-corrected chi connectivity index (χ4v) is 2.69. The quantitative estimate of drug-likeness (QED) is 0.570. The number of hydrogen-bond donors (Lipinski definition) is 3. The standard InChI is InChI=1S/C19H17ClN4O3/c1-11-21-17(23-13-5-3-12(4-6-13)19(25)26)10-18(22-11)24-14-7-8-16(27-2)15(20)9-14/h3-10H,1-2H3,(H,25,26)(H2,21,22,23,24). The molecule has 1 aromatic heterocycles. The van der Waals surface area contributed by atoms with E-state index in [-0.39, 0.29) is 5.56 Å². The monoisotopic (exact) mass is 384 g/mol. The summed E-state index contributed by atoms with van der Waals surface area (Å²) in [7, 11) is 1.56. The molecule has 0 aliphatic heterocycles. The van der Waals surface area contributed by atoms with Gasteiger partial charge in [-0.2, -0.15) is 0 Å². The molecule has 27 heavy (non-hydrogen) atoms. The number of carboxylic acid groups (broad SMARTS) is 1. The molecule has 0 bridgehead atoms. The highest BCUT2D eigenvalue weighted by atomic mass is 35.5. The summed E-state index contributed by atoms with van der Waals surface area (Å²) >= 11 is 6.15. The summed E-state index contributed by atoms with van der Waals surface area (Å²) in [4.78, 5) is 19.6. The first-order valence-electron chi connectivity index (χ1n) is 8.01. The van der Waals surface area contributed by atoms with Crippen molar-refractivity contribution >= 4 is 40.6 Å². The maximum absolute atomic E-state index is 10.9. The zero-order chi connectivity index (χ0) is 19.4. The number of benzene rings is 2. The molecule has 0 radical (unpaired) electrons. The first kappa shape index (κ1) is 18.5. The van der Waals surface area contributed by atoms with Crippen LogP contribution < -0.4 is 15.4 Å². The van der Waals surface area contributed by atoms with Gasteiger partial charge < -0.3 is 20.5 Å². The van der Waals surface area contributed by atoms with Crippen molar-refractivity contribution in [3.63, 3.8) is 0 Å². The number of carboxylic acids is 1. The van der Waals surface area contributed by atoms with Gasteiger partial charge in [-0.1, -0.05) is 11.6 Å². The zero-order valence-corrected chi connectivity index (χ0v) is 15.4. The molecule has 3 N–H and O–H groups in total. The molecule has 0 aliphatic rings. The van der Waals surface area contributed by atoms with E-state index >= 15 is 0 Å². The van der Waals surface area contributed by atoms with E-state index in [1.807, 2.05) is 6.07 Å². The Kier molecular flexibility index (Phi) is 5.42. The molecule has 0 amide bonds. The van der Waals surface area contributed by atoms with Gasteiger partial charge in [0.25, 0.3) is 0 Å². The predicted molar refractivity (Wildman–Crippen MR) is 105 cm³/mol. The Morgan fingerprint density at radius 2 is 1.59 bits per heavy atom. The number of ether oxygens (including phenoxy) is 1. The molecule has 138 valence electrons. The number of nitrogens with zero attached hydrogens (tertiary/aromatic N) is 2. The summed E-state index contributed by atoms with van der Waals surface area (Å²) in [6.45, 7) is 1.78. The van der Waals surface area contributed by atoms with Gasteiger partial charge in [-0.25, -0.2) is 14.8 Å². The Balaban J connectivity index is 1.79. The van der Waals surface area contributed by atoms with Crippen molar-refractivity contribution < 1.29 is 14.6 Å². The molecule has 3 rings (SSSR count). The van der Waals surface area contributed by atoms with Gasteiger partial charge in [0.05, 0.1) is 17.7 Å². The molecule has 3 aromatic rings. The number of nitrogens with one attached hydrogen (secondary N) is 2. The summed E-state index contributed by atoms with van der Waals surface area (Å²) in [6.07, 6.45) is 0. The van der Waals surface area contributed by atoms with Crippen molar-refractivity contribution in [1.82, 2.24) is 9.97 Å². The Hall–Kier alpha value is -3.32. The van der Waals surface area contributed by atoms with Crippen molar-refractivity contribution in [3.8, 4) is 5.75 Å². The number of aromatic carboxylic acids is 1. The van der Waals surface area contributed by atoms with Crippen LogP contribution in [0, 0.1) is 6.92 Å². The van der Waals surface area contributed by atoms with Gasteiger partial charge in [0.15, 0.2) is 0 Å². The van der Waals surface area contributed by atoms with E-state index in [9.17, 15) is 4.79 Å². The van der Waals surface area contributed by atoms with Gasteiger partial charge in [0.2, 0.25) is 0 Å². The molecule has 0 spiro atoms. The van der Waals surface area contributed by atoms with Crippen LogP contribution in [0.1, 0.15) is 16.2 Å². The van der Waals surface area contributed by atoms with E-state index < -0.39 is 5.97 Å². The minimum absolute atomic E-state index is 0.221. The molecular formula is C19H17ClN4O3. The average Bonchev–Trinajstić information content (AvgIpc) is 2.62. The van der Waals surface area contributed by atoms with Gasteiger partial charge >= 0.3 is 5.97 Å². The zero-order valence-electron chi connectivity index (χ0n) is 14.7. The number of rotatable bonds is 6. The molecule has 1 heterocycles. The topological polar surface area (TPSA) is 96.4 Å². The van der Waals surface area contributed by atoms with Crippen LogP contribution in [0.25, 0.3) is 0 Å². The second-order valence-electron chi connectivity index (χ2n) is 5.67. The molecule has 7 nitrogen and oxygen atoms in total. The highest BCUT2D eigenvalue weighted by molar-refractivity contribution is 6.32. The first-order valence-corrected chi connectivity index (χ1v) is 8.39. The normalized spacial score (nSPS) is 10.3. The van der Waals surface area contributed by atoms with E-state index in [2.05, 4.69) is 20.6 Å². The molecule has 0 saturated heterocycles. The lowest BCUT2D eigenvalue weighted by atomic mass is 10.2. The number of aromatic nitrogens is 2. The predicted octanol–water partition coefficient (Wildman–Crippen LogP) is 4.63. The molecule has 0 aliphatic carbocycles. The van der Waals surface area contributed by atoms with E-state index in [1.54, 1.807) is 44.4 Å². The van der Waals surface area contributed by atoms with Crippen LogP contribution in [-0.2, 0) is 0 Å². The second-order valence-corrected chi connectivity index (χ2v) is 6.07. The molecule has 8 heteroatoms. The lowest BCUT2D eigenvalue weighted by Crippen LogP contribution is -2.02. The Labute approximate surface area is 161 Å². The van der Waals surface area contributed by atoms with Crippen LogP contribution in [0.5, 0.6) is 5.75 Å². The summed E-state index contributed by atoms with van der Waals surface area (Å²) in [5.41, 5.74) is 1.70. The third kappa shape index (κ3) is 4.65. The van der Waals surface area contributed by atoms with E-state index in [0.29, 0.717) is 28.2 Å². The molecule has 0 saturated carbocycles. The van der Waals surface area contributed by atoms with Gasteiger partial charge in [0, 0.05) is 17.4 Å². The Bertz CT molecular complexity index is 977. The lowest BCUT2D eigenvalue weighted by Gasteiger charge is -2.11. The van der Waals surface area contributed by atoms with Crippen molar-refractivity contribution in [1.29, 1.82) is 0 Å². The molecule has 0 atom stereocenters. The van der Waals surface area contributed by atoms with Crippen LogP contribution in [0.4, 0.5) is 23.0 Å². The third-order valence-corrected chi connectivity index (χ3v) is 3.96. The SMILES string of the molecule is COc1ccc(Nc2cc(Nc3ccc(C(=O)O)cc3)nc(C)n2)cc1Cl. The lowest BCUT2D eigenvalue weighted by molar-refractivity contribution is 0.0697. The maximum atomic E-state index is 10.9. The summed E-state index contributed by atoms with van der Waals surface area (Å²) in [5, 5.41) is 15.8. The number of methoxy groups -OCH3 is 1. The molecule has 0 fully saturated rings. The fourth-order valence-electron chi connectivity index (χ4n) is 2.43. The van der Waals surface area contributed by atoms with Crippen LogP contribution in [0.15, 0.2) is 48.5 Å². The van der Waals surface area contributed by atoms with E-state index in [4.69, 9.17) is 21.4 Å². The number of carbonyl (C=O) groups is 1. The maximum Gasteiger partial charge on any atom is 0.335 e. The van der Waals surface area contributed by atoms with Crippen molar-refractivity contribution in [3.05, 3.63) is 64.9 Å².